The number of fused-ring (bicyclic) bond motifs is 4. The summed E-state index contributed by atoms with van der Waals surface area (Å²) in [6.07, 6.45) is 7.55. The summed E-state index contributed by atoms with van der Waals surface area (Å²) in [7, 11) is 0. The molecule has 0 aliphatic carbocycles. The van der Waals surface area contributed by atoms with E-state index in [1.807, 2.05) is 24.3 Å². The molecule has 4 aliphatic heterocycles. The van der Waals surface area contributed by atoms with Crippen LogP contribution in [0, 0.1) is 0 Å². The van der Waals surface area contributed by atoms with Crippen molar-refractivity contribution in [2.24, 2.45) is 0 Å². The van der Waals surface area contributed by atoms with Gasteiger partial charge in [-0.15, -0.1) is 0 Å². The minimum absolute atomic E-state index is 0.167. The minimum atomic E-state index is 0.167. The van der Waals surface area contributed by atoms with Crippen LogP contribution in [0.1, 0.15) is 37.8 Å². The van der Waals surface area contributed by atoms with Crippen LogP contribution in [0.25, 0.3) is 22.3 Å². The minimum Gasteiger partial charge on any atom is -0.454 e. The Morgan fingerprint density at radius 3 is 1.59 bits per heavy atom. The highest BCUT2D eigenvalue weighted by molar-refractivity contribution is 9.10. The molecule has 290 valence electrons. The number of aromatic nitrogens is 8. The monoisotopic (exact) mass is 924 g/mol. The summed E-state index contributed by atoms with van der Waals surface area (Å²) < 4.78 is 28.1. The van der Waals surface area contributed by atoms with Crippen molar-refractivity contribution in [1.82, 2.24) is 49.3 Å². The Bertz CT molecular complexity index is 2460. The zero-order valence-corrected chi connectivity index (χ0v) is 34.4. The number of ether oxygens (including phenoxy) is 4. The van der Waals surface area contributed by atoms with E-state index in [0.29, 0.717) is 58.9 Å². The van der Waals surface area contributed by atoms with Crippen LogP contribution < -0.4 is 35.7 Å². The van der Waals surface area contributed by atoms with E-state index in [4.69, 9.17) is 40.4 Å². The van der Waals surface area contributed by atoms with Crippen molar-refractivity contribution < 1.29 is 23.7 Å². The maximum atomic E-state index is 11.1. The first-order chi connectivity index (χ1) is 27.3. The van der Waals surface area contributed by atoms with Crippen molar-refractivity contribution in [3.8, 4) is 23.0 Å². The molecule has 17 nitrogen and oxygen atoms in total. The Hall–Kier alpha value is -4.57. The maximum absolute atomic E-state index is 11.1. The van der Waals surface area contributed by atoms with E-state index < -0.39 is 0 Å². The molecule has 0 bridgehead atoms. The molecule has 21 heteroatoms. The molecule has 5 N–H and O–H groups in total. The van der Waals surface area contributed by atoms with Crippen LogP contribution in [0.3, 0.4) is 0 Å². The number of hydrogen-bond acceptors (Lipinski definition) is 16. The smallest absolute Gasteiger partial charge is 0.231 e. The molecule has 0 radical (unpaired) electrons. The third-order valence-corrected chi connectivity index (χ3v) is 13.8. The molecular weight excluding hydrogens is 892 g/mol. The summed E-state index contributed by atoms with van der Waals surface area (Å²) in [6, 6.07) is 8.22. The van der Waals surface area contributed by atoms with Crippen molar-refractivity contribution in [3.05, 3.63) is 45.9 Å². The Labute approximate surface area is 344 Å². The fourth-order valence-corrected chi connectivity index (χ4v) is 10.2. The number of rotatable bonds is 7. The number of imidazole rings is 2. The van der Waals surface area contributed by atoms with E-state index in [2.05, 4.69) is 66.2 Å². The second kappa shape index (κ2) is 15.8. The highest BCUT2D eigenvalue weighted by atomic mass is 79.9. The number of benzene rings is 2. The first kappa shape index (κ1) is 37.0. The second-order valence-electron chi connectivity index (χ2n) is 13.2. The predicted octanol–water partition coefficient (Wildman–Crippen LogP) is 5.82. The van der Waals surface area contributed by atoms with Gasteiger partial charge >= 0.3 is 0 Å². The molecule has 0 unspecified atom stereocenters. The van der Waals surface area contributed by atoms with Crippen molar-refractivity contribution in [3.63, 3.8) is 0 Å². The van der Waals surface area contributed by atoms with Crippen LogP contribution in [0.5, 0.6) is 23.0 Å². The average molecular weight is 927 g/mol. The number of nitrogen functional groups attached to an aromatic ring is 2. The topological polar surface area (TPSA) is 208 Å². The Morgan fingerprint density at radius 1 is 0.679 bits per heavy atom. The van der Waals surface area contributed by atoms with Crippen LogP contribution in [0.15, 0.2) is 66.0 Å². The van der Waals surface area contributed by atoms with E-state index in [1.165, 1.54) is 24.4 Å². The summed E-state index contributed by atoms with van der Waals surface area (Å²) in [5.74, 6) is 3.66. The highest BCUT2D eigenvalue weighted by Crippen LogP contribution is 2.46. The summed E-state index contributed by atoms with van der Waals surface area (Å²) in [4.78, 5) is 41.5. The van der Waals surface area contributed by atoms with E-state index in [1.54, 1.807) is 16.7 Å². The number of carbonyl (C=O) groups excluding carboxylic acids is 1. The fourth-order valence-electron chi connectivity index (χ4n) is 7.08. The number of hydrogen-bond donors (Lipinski definition) is 3. The van der Waals surface area contributed by atoms with Crippen LogP contribution in [0.4, 0.5) is 11.6 Å². The summed E-state index contributed by atoms with van der Waals surface area (Å²) in [6.45, 7) is 3.81. The molecule has 2 saturated heterocycles. The molecule has 4 aromatic heterocycles. The van der Waals surface area contributed by atoms with Crippen molar-refractivity contribution >= 4 is 95.8 Å². The van der Waals surface area contributed by atoms with Crippen molar-refractivity contribution in [2.45, 2.75) is 57.9 Å². The maximum Gasteiger partial charge on any atom is 0.231 e. The predicted molar refractivity (Wildman–Crippen MR) is 215 cm³/mol. The second-order valence-corrected chi connectivity index (χ2v) is 16.9. The van der Waals surface area contributed by atoms with Crippen LogP contribution in [0.2, 0.25) is 0 Å². The average Bonchev–Trinajstić information content (AvgIpc) is 4.02. The molecule has 4 aliphatic rings. The first-order valence-electron chi connectivity index (χ1n) is 17.8. The summed E-state index contributed by atoms with van der Waals surface area (Å²) >= 11 is 10.3. The lowest BCUT2D eigenvalue weighted by molar-refractivity contribution is -0.119. The van der Waals surface area contributed by atoms with Crippen LogP contribution >= 0.6 is 55.4 Å². The number of likely N-dealkylation sites (tertiary alicyclic amines) is 1. The van der Waals surface area contributed by atoms with Gasteiger partial charge in [-0.05, 0) is 94.9 Å². The number of nitrogens with zero attached hydrogens (tertiary/aromatic N) is 9. The first-order valence-corrected chi connectivity index (χ1v) is 21.0. The largest absolute Gasteiger partial charge is 0.454 e. The van der Waals surface area contributed by atoms with Gasteiger partial charge < -0.3 is 40.6 Å². The lowest BCUT2D eigenvalue weighted by atomic mass is 10.1. The van der Waals surface area contributed by atoms with Gasteiger partial charge in [0.05, 0.1) is 0 Å². The molecule has 6 aromatic rings. The van der Waals surface area contributed by atoms with E-state index in [0.717, 1.165) is 91.4 Å². The van der Waals surface area contributed by atoms with Gasteiger partial charge in [0.2, 0.25) is 20.0 Å². The van der Waals surface area contributed by atoms with E-state index in [-0.39, 0.29) is 19.6 Å². The van der Waals surface area contributed by atoms with Gasteiger partial charge in [-0.3, -0.25) is 13.9 Å². The number of nitrogens with two attached hydrogens (primary N) is 2. The van der Waals surface area contributed by atoms with Gasteiger partial charge in [-0.25, -0.2) is 29.9 Å². The van der Waals surface area contributed by atoms with Gasteiger partial charge in [0.15, 0.2) is 67.3 Å². The molecule has 0 saturated carbocycles. The Kier molecular flexibility index (Phi) is 10.4. The number of anilines is 2. The summed E-state index contributed by atoms with van der Waals surface area (Å²) in [5, 5.41) is 5.03. The standard InChI is InChI=1S/C18H17BrN6O3S.C17H17BrN6O2S/c19-11-5-12-13(28-9-27-12)6-14(11)29-18-23-15-16(20)21-7-22-17(15)25(18)10-1-3-24(8-26)4-2-10;18-10-5-11-12(26-8-25-11)6-13(10)27-17-23-14-15(19)21-7-22-16(14)24(17)9-1-3-20-4-2-9/h5-8,10H,1-4,9H2,(H2,20,21,22);5-7,9,20H,1-4,8H2,(H2,19,21,22). The molecule has 10 rings (SSSR count). The lowest BCUT2D eigenvalue weighted by Crippen LogP contribution is -2.33. The number of piperidine rings is 2. The lowest BCUT2D eigenvalue weighted by Gasteiger charge is -2.30. The number of carbonyl (C=O) groups is 1. The molecule has 0 spiro atoms. The van der Waals surface area contributed by atoms with E-state index in [9.17, 15) is 4.79 Å². The molecule has 0 atom stereocenters. The van der Waals surface area contributed by atoms with Crippen LogP contribution in [-0.4, -0.2) is 90.1 Å². The van der Waals surface area contributed by atoms with Gasteiger partial charge in [0, 0.05) is 43.9 Å². The molecule has 2 fully saturated rings. The normalized spacial score (nSPS) is 16.7. The number of amides is 1. The Balaban J connectivity index is 0.000000147. The van der Waals surface area contributed by atoms with Crippen molar-refractivity contribution in [1.29, 1.82) is 0 Å². The SMILES string of the molecule is Nc1ncnc2c1nc(Sc1cc3c(cc1Br)OCO3)n2C1CCN(C=O)CC1.Nc1ncnc2c1nc(Sc1cc3c(cc1Br)OCO3)n2C1CCNCC1. The molecule has 56 heavy (non-hydrogen) atoms. The summed E-state index contributed by atoms with van der Waals surface area (Å²) in [5.41, 5.74) is 14.9. The van der Waals surface area contributed by atoms with Gasteiger partial charge in [-0.1, -0.05) is 23.5 Å². The molecule has 1 amide bonds. The molecular formula is C35H34Br2N12O5S2. The zero-order valence-electron chi connectivity index (χ0n) is 29.6. The van der Waals surface area contributed by atoms with Gasteiger partial charge in [0.25, 0.3) is 0 Å². The van der Waals surface area contributed by atoms with Gasteiger partial charge in [0.1, 0.15) is 12.7 Å². The van der Waals surface area contributed by atoms with E-state index >= 15 is 0 Å². The Morgan fingerprint density at radius 2 is 1.12 bits per heavy atom. The zero-order chi connectivity index (χ0) is 38.3. The third kappa shape index (κ3) is 7.14. The number of nitrogens with one attached hydrogen (secondary N) is 1. The van der Waals surface area contributed by atoms with Gasteiger partial charge in [-0.2, -0.15) is 0 Å². The number of halogens is 2. The van der Waals surface area contributed by atoms with Crippen LogP contribution in [-0.2, 0) is 4.79 Å². The highest BCUT2D eigenvalue weighted by Gasteiger charge is 2.28. The quantitative estimate of drug-likeness (QED) is 0.161. The fraction of sp³-hybridized carbons (Fsp3) is 0.343. The third-order valence-electron chi connectivity index (χ3n) is 9.89. The molecule has 8 heterocycles. The van der Waals surface area contributed by atoms with Crippen molar-refractivity contribution in [2.75, 3.05) is 51.2 Å². The molecule has 2 aromatic carbocycles.